The Balaban J connectivity index is 1.48. The zero-order chi connectivity index (χ0) is 18.2. The third-order valence-corrected chi connectivity index (χ3v) is 5.11. The number of benzene rings is 2. The van der Waals surface area contributed by atoms with Gasteiger partial charge in [-0.25, -0.2) is 4.79 Å². The molecule has 0 saturated carbocycles. The first-order valence-corrected chi connectivity index (χ1v) is 9.67. The fourth-order valence-corrected chi connectivity index (χ4v) is 3.60. The molecule has 2 N–H and O–H groups in total. The minimum Gasteiger partial charge on any atom is -0.338 e. The number of rotatable bonds is 6. The molecular formula is C22H29N3O. The summed E-state index contributed by atoms with van der Waals surface area (Å²) in [7, 11) is 0. The number of anilines is 1. The van der Waals surface area contributed by atoms with Crippen molar-refractivity contribution in [3.05, 3.63) is 54.6 Å². The molecule has 1 fully saturated rings. The molecule has 26 heavy (non-hydrogen) atoms. The van der Waals surface area contributed by atoms with Gasteiger partial charge < -0.3 is 15.5 Å². The number of hydrogen-bond donors (Lipinski definition) is 2. The maximum absolute atomic E-state index is 12.3. The monoisotopic (exact) mass is 351 g/mol. The Labute approximate surface area is 156 Å². The van der Waals surface area contributed by atoms with Crippen LogP contribution in [0.15, 0.2) is 54.6 Å². The minimum absolute atomic E-state index is 0.139. The first-order valence-electron chi connectivity index (χ1n) is 9.67. The van der Waals surface area contributed by atoms with Gasteiger partial charge in [0, 0.05) is 24.7 Å². The van der Waals surface area contributed by atoms with Crippen LogP contribution in [0.1, 0.15) is 32.6 Å². The number of urea groups is 1. The molecule has 2 aromatic rings. The summed E-state index contributed by atoms with van der Waals surface area (Å²) in [5, 5.41) is 5.98. The van der Waals surface area contributed by atoms with E-state index >= 15 is 0 Å². The van der Waals surface area contributed by atoms with Crippen LogP contribution >= 0.6 is 0 Å². The molecular weight excluding hydrogens is 322 g/mol. The van der Waals surface area contributed by atoms with E-state index in [1.807, 2.05) is 42.5 Å². The fourth-order valence-electron chi connectivity index (χ4n) is 3.60. The highest BCUT2D eigenvalue weighted by Gasteiger charge is 2.17. The summed E-state index contributed by atoms with van der Waals surface area (Å²) in [6.45, 7) is 5.25. The summed E-state index contributed by atoms with van der Waals surface area (Å²) >= 11 is 0. The Bertz CT molecular complexity index is 702. The minimum atomic E-state index is -0.139. The second-order valence-electron chi connectivity index (χ2n) is 7.03. The van der Waals surface area contributed by atoms with Gasteiger partial charge in [0.15, 0.2) is 0 Å². The van der Waals surface area contributed by atoms with Crippen LogP contribution in [0.3, 0.4) is 0 Å². The van der Waals surface area contributed by atoms with E-state index in [4.69, 9.17) is 0 Å². The Morgan fingerprint density at radius 3 is 2.65 bits per heavy atom. The predicted octanol–water partition coefficient (Wildman–Crippen LogP) is 4.74. The molecule has 0 bridgehead atoms. The van der Waals surface area contributed by atoms with E-state index in [1.165, 1.54) is 25.8 Å². The lowest BCUT2D eigenvalue weighted by molar-refractivity contribution is 0.159. The molecule has 0 aromatic heterocycles. The number of likely N-dealkylation sites (tertiary alicyclic amines) is 1. The number of carbonyl (C=O) groups is 1. The van der Waals surface area contributed by atoms with Gasteiger partial charge in [-0.05, 0) is 44.4 Å². The molecule has 2 aromatic carbocycles. The van der Waals surface area contributed by atoms with Gasteiger partial charge in [0.2, 0.25) is 0 Å². The van der Waals surface area contributed by atoms with E-state index in [2.05, 4.69) is 34.6 Å². The van der Waals surface area contributed by atoms with Crippen LogP contribution < -0.4 is 10.6 Å². The van der Waals surface area contributed by atoms with Crippen LogP contribution in [0.5, 0.6) is 0 Å². The quantitative estimate of drug-likeness (QED) is 0.738. The van der Waals surface area contributed by atoms with E-state index in [1.54, 1.807) is 0 Å². The van der Waals surface area contributed by atoms with Crippen molar-refractivity contribution < 1.29 is 4.79 Å². The normalized spacial score (nSPS) is 17.7. The van der Waals surface area contributed by atoms with Crippen molar-refractivity contribution in [3.8, 4) is 11.1 Å². The van der Waals surface area contributed by atoms with Gasteiger partial charge in [0.25, 0.3) is 0 Å². The third-order valence-electron chi connectivity index (χ3n) is 5.11. The van der Waals surface area contributed by atoms with Gasteiger partial charge >= 0.3 is 6.03 Å². The third kappa shape index (κ3) is 5.09. The number of hydrogen-bond acceptors (Lipinski definition) is 2. The SMILES string of the molecule is C[C@@H]1CCCCN1CCCNC(=O)Nc1ccccc1-c1ccccc1. The smallest absolute Gasteiger partial charge is 0.319 e. The number of nitrogens with one attached hydrogen (secondary N) is 2. The Morgan fingerprint density at radius 1 is 1.08 bits per heavy atom. The molecule has 1 aliphatic rings. The van der Waals surface area contributed by atoms with Gasteiger partial charge in [0.05, 0.1) is 5.69 Å². The first-order chi connectivity index (χ1) is 12.7. The zero-order valence-corrected chi connectivity index (χ0v) is 15.6. The molecule has 4 heteroatoms. The van der Waals surface area contributed by atoms with Crippen molar-refractivity contribution in [1.82, 2.24) is 10.2 Å². The number of piperidine rings is 1. The van der Waals surface area contributed by atoms with Gasteiger partial charge in [-0.3, -0.25) is 0 Å². The van der Waals surface area contributed by atoms with Crippen molar-refractivity contribution in [3.63, 3.8) is 0 Å². The van der Waals surface area contributed by atoms with Crippen molar-refractivity contribution >= 4 is 11.7 Å². The van der Waals surface area contributed by atoms with E-state index in [0.29, 0.717) is 12.6 Å². The van der Waals surface area contributed by atoms with Crippen LogP contribution in [0, 0.1) is 0 Å². The fraction of sp³-hybridized carbons (Fsp3) is 0.409. The molecule has 138 valence electrons. The van der Waals surface area contributed by atoms with E-state index in [0.717, 1.165) is 29.8 Å². The van der Waals surface area contributed by atoms with Gasteiger partial charge in [0.1, 0.15) is 0 Å². The molecule has 3 rings (SSSR count). The second-order valence-corrected chi connectivity index (χ2v) is 7.03. The number of para-hydroxylation sites is 1. The Kier molecular flexibility index (Phi) is 6.67. The zero-order valence-electron chi connectivity index (χ0n) is 15.6. The molecule has 1 aliphatic heterocycles. The Hall–Kier alpha value is -2.33. The lowest BCUT2D eigenvalue weighted by atomic mass is 10.0. The van der Waals surface area contributed by atoms with E-state index in [-0.39, 0.29) is 6.03 Å². The lowest BCUT2D eigenvalue weighted by Crippen LogP contribution is -2.39. The molecule has 2 amide bonds. The summed E-state index contributed by atoms with van der Waals surface area (Å²) in [6, 6.07) is 18.6. The molecule has 0 spiro atoms. The van der Waals surface area contributed by atoms with Gasteiger partial charge in [-0.1, -0.05) is 55.0 Å². The van der Waals surface area contributed by atoms with Crippen LogP contribution in [-0.4, -0.2) is 36.6 Å². The van der Waals surface area contributed by atoms with Crippen LogP contribution in [0.2, 0.25) is 0 Å². The highest BCUT2D eigenvalue weighted by atomic mass is 16.2. The van der Waals surface area contributed by atoms with Crippen LogP contribution in [0.25, 0.3) is 11.1 Å². The lowest BCUT2D eigenvalue weighted by Gasteiger charge is -2.33. The van der Waals surface area contributed by atoms with Gasteiger partial charge in [-0.2, -0.15) is 0 Å². The van der Waals surface area contributed by atoms with E-state index < -0.39 is 0 Å². The molecule has 1 heterocycles. The predicted molar refractivity (Wildman–Crippen MR) is 108 cm³/mol. The number of nitrogens with zero attached hydrogens (tertiary/aromatic N) is 1. The molecule has 4 nitrogen and oxygen atoms in total. The maximum atomic E-state index is 12.3. The van der Waals surface area contributed by atoms with Crippen LogP contribution in [0.4, 0.5) is 10.5 Å². The number of carbonyl (C=O) groups excluding carboxylic acids is 1. The summed E-state index contributed by atoms with van der Waals surface area (Å²) < 4.78 is 0. The summed E-state index contributed by atoms with van der Waals surface area (Å²) in [6.07, 6.45) is 4.93. The Morgan fingerprint density at radius 2 is 1.85 bits per heavy atom. The summed E-state index contributed by atoms with van der Waals surface area (Å²) in [5.74, 6) is 0. The van der Waals surface area contributed by atoms with Crippen molar-refractivity contribution in [1.29, 1.82) is 0 Å². The number of amides is 2. The average molecular weight is 351 g/mol. The first kappa shape index (κ1) is 18.5. The standard InChI is InChI=1S/C22H29N3O/c1-18-10-7-8-16-25(18)17-9-15-23-22(26)24-21-14-6-5-13-20(21)19-11-3-2-4-12-19/h2-6,11-14,18H,7-10,15-17H2,1H3,(H2,23,24,26)/t18-/m1/s1. The molecule has 1 atom stereocenters. The van der Waals surface area contributed by atoms with Crippen molar-refractivity contribution in [2.24, 2.45) is 0 Å². The molecule has 0 aliphatic carbocycles. The summed E-state index contributed by atoms with van der Waals surface area (Å²) in [4.78, 5) is 14.8. The highest BCUT2D eigenvalue weighted by Crippen LogP contribution is 2.27. The van der Waals surface area contributed by atoms with Crippen molar-refractivity contribution in [2.45, 2.75) is 38.6 Å². The van der Waals surface area contributed by atoms with Crippen LogP contribution in [-0.2, 0) is 0 Å². The largest absolute Gasteiger partial charge is 0.338 e. The van der Waals surface area contributed by atoms with E-state index in [9.17, 15) is 4.79 Å². The average Bonchev–Trinajstić information content (AvgIpc) is 2.68. The maximum Gasteiger partial charge on any atom is 0.319 e. The molecule has 0 radical (unpaired) electrons. The second kappa shape index (κ2) is 9.39. The van der Waals surface area contributed by atoms with Crippen molar-refractivity contribution in [2.75, 3.05) is 25.0 Å². The summed E-state index contributed by atoms with van der Waals surface area (Å²) in [5.41, 5.74) is 2.97. The molecule has 1 saturated heterocycles. The topological polar surface area (TPSA) is 44.4 Å². The molecule has 0 unspecified atom stereocenters. The highest BCUT2D eigenvalue weighted by molar-refractivity contribution is 5.94. The van der Waals surface area contributed by atoms with Gasteiger partial charge in [-0.15, -0.1) is 0 Å².